The summed E-state index contributed by atoms with van der Waals surface area (Å²) in [5.74, 6) is -1.28. The van der Waals surface area contributed by atoms with Gasteiger partial charge >= 0.3 is 5.97 Å². The number of rotatable bonds is 7. The number of nitrogens with zero attached hydrogens (tertiary/aromatic N) is 3. The van der Waals surface area contributed by atoms with Gasteiger partial charge < -0.3 is 5.11 Å². The van der Waals surface area contributed by atoms with Crippen LogP contribution in [0.25, 0.3) is 0 Å². The third-order valence-corrected chi connectivity index (χ3v) is 4.97. The fourth-order valence-corrected chi connectivity index (χ4v) is 3.24. The number of anilines is 1. The Labute approximate surface area is 141 Å². The lowest BCUT2D eigenvalue weighted by molar-refractivity contribution is -0.384. The Morgan fingerprint density at radius 2 is 1.56 bits per heavy atom. The Bertz CT molecular complexity index is 908. The Kier molecular flexibility index (Phi) is 5.08. The molecule has 0 aromatic heterocycles. The van der Waals surface area contributed by atoms with Crippen LogP contribution in [0.2, 0.25) is 0 Å². The van der Waals surface area contributed by atoms with Crippen LogP contribution < -0.4 is 5.01 Å². The van der Waals surface area contributed by atoms with Gasteiger partial charge in [0.25, 0.3) is 5.69 Å². The van der Waals surface area contributed by atoms with Gasteiger partial charge in [0.1, 0.15) is 6.54 Å². The maximum atomic E-state index is 12.5. The second kappa shape index (κ2) is 7.05. The van der Waals surface area contributed by atoms with E-state index in [1.54, 1.807) is 0 Å². The standard InChI is InChI=1S/C14H11N3O7S/c18-14(19)9-16(15-20)10-1-5-12(6-2-10)25(23,24)13-7-3-11(4-8-13)17(21)22/h1-8H,9H2,(H,18,19). The van der Waals surface area contributed by atoms with Crippen LogP contribution in [0, 0.1) is 15.0 Å². The molecule has 1 N–H and O–H groups in total. The fraction of sp³-hybridized carbons (Fsp3) is 0.0714. The van der Waals surface area contributed by atoms with Crippen LogP contribution in [0.4, 0.5) is 11.4 Å². The van der Waals surface area contributed by atoms with Crippen molar-refractivity contribution in [2.45, 2.75) is 9.79 Å². The summed E-state index contributed by atoms with van der Waals surface area (Å²) >= 11 is 0. The van der Waals surface area contributed by atoms with Gasteiger partial charge in [0.2, 0.25) is 9.84 Å². The van der Waals surface area contributed by atoms with Crippen molar-refractivity contribution in [1.82, 2.24) is 0 Å². The van der Waals surface area contributed by atoms with Gasteiger partial charge in [-0.2, -0.15) is 0 Å². The van der Waals surface area contributed by atoms with E-state index in [-0.39, 0.29) is 21.2 Å². The summed E-state index contributed by atoms with van der Waals surface area (Å²) in [5.41, 5.74) is -0.129. The van der Waals surface area contributed by atoms with Crippen molar-refractivity contribution in [2.24, 2.45) is 5.29 Å². The summed E-state index contributed by atoms with van der Waals surface area (Å²) in [6.45, 7) is -0.669. The molecule has 0 fully saturated rings. The molecule has 0 bridgehead atoms. The van der Waals surface area contributed by atoms with E-state index >= 15 is 0 Å². The first-order valence-corrected chi connectivity index (χ1v) is 8.16. The van der Waals surface area contributed by atoms with Gasteiger partial charge in [0, 0.05) is 12.1 Å². The van der Waals surface area contributed by atoms with E-state index in [9.17, 15) is 28.2 Å². The van der Waals surface area contributed by atoms with Crippen molar-refractivity contribution in [3.63, 3.8) is 0 Å². The fourth-order valence-electron chi connectivity index (χ4n) is 1.98. The molecule has 0 aliphatic heterocycles. The average Bonchev–Trinajstić information content (AvgIpc) is 2.59. The SMILES string of the molecule is O=NN(CC(=O)O)c1ccc(S(=O)(=O)c2ccc([N+](=O)[O-])cc2)cc1. The molecule has 0 spiro atoms. The summed E-state index contributed by atoms with van der Waals surface area (Å²) in [6, 6.07) is 9.23. The number of nitroso groups, excluding NO2 is 1. The van der Waals surface area contributed by atoms with Crippen molar-refractivity contribution in [1.29, 1.82) is 0 Å². The van der Waals surface area contributed by atoms with Crippen LogP contribution in [-0.4, -0.2) is 31.0 Å². The molecule has 130 valence electrons. The number of carbonyl (C=O) groups is 1. The number of carboxylic acid groups (broad SMARTS) is 1. The zero-order valence-electron chi connectivity index (χ0n) is 12.5. The number of aliphatic carboxylic acids is 1. The summed E-state index contributed by atoms with van der Waals surface area (Å²) in [7, 11) is -3.92. The lowest BCUT2D eigenvalue weighted by atomic mass is 10.3. The highest BCUT2D eigenvalue weighted by Crippen LogP contribution is 2.25. The number of sulfone groups is 1. The predicted octanol–water partition coefficient (Wildman–Crippen LogP) is 2.00. The van der Waals surface area contributed by atoms with Crippen molar-refractivity contribution in [2.75, 3.05) is 11.6 Å². The topological polar surface area (TPSA) is 147 Å². The molecule has 11 heteroatoms. The van der Waals surface area contributed by atoms with Crippen molar-refractivity contribution >= 4 is 27.2 Å². The molecule has 2 aromatic rings. The third kappa shape index (κ3) is 3.95. The first-order chi connectivity index (χ1) is 11.8. The molecule has 0 unspecified atom stereocenters. The lowest BCUT2D eigenvalue weighted by Crippen LogP contribution is -2.23. The van der Waals surface area contributed by atoms with Crippen molar-refractivity contribution in [3.05, 3.63) is 63.6 Å². The largest absolute Gasteiger partial charge is 0.480 e. The van der Waals surface area contributed by atoms with Crippen LogP contribution in [0.15, 0.2) is 63.6 Å². The van der Waals surface area contributed by atoms with Gasteiger partial charge in [-0.1, -0.05) is 0 Å². The molecule has 0 aliphatic carbocycles. The van der Waals surface area contributed by atoms with Crippen molar-refractivity contribution in [3.8, 4) is 0 Å². The van der Waals surface area contributed by atoms with Gasteiger partial charge in [0.15, 0.2) is 0 Å². The second-order valence-electron chi connectivity index (χ2n) is 4.78. The van der Waals surface area contributed by atoms with E-state index in [4.69, 9.17) is 5.11 Å². The summed E-state index contributed by atoms with van der Waals surface area (Å²) < 4.78 is 25.0. The monoisotopic (exact) mass is 365 g/mol. The number of benzene rings is 2. The quantitative estimate of drug-likeness (QED) is 0.445. The number of carboxylic acids is 1. The van der Waals surface area contributed by atoms with E-state index in [0.29, 0.717) is 5.01 Å². The first-order valence-electron chi connectivity index (χ1n) is 6.68. The number of non-ortho nitro benzene ring substituents is 1. The first kappa shape index (κ1) is 18.0. The zero-order chi connectivity index (χ0) is 18.6. The Hall–Kier alpha value is -3.34. The van der Waals surface area contributed by atoms with E-state index in [2.05, 4.69) is 5.29 Å². The van der Waals surface area contributed by atoms with Gasteiger partial charge in [-0.15, -0.1) is 4.91 Å². The van der Waals surface area contributed by atoms with Gasteiger partial charge in [-0.25, -0.2) is 13.4 Å². The molecule has 0 amide bonds. The smallest absolute Gasteiger partial charge is 0.325 e. The Morgan fingerprint density at radius 1 is 1.08 bits per heavy atom. The maximum absolute atomic E-state index is 12.5. The van der Waals surface area contributed by atoms with Crippen LogP contribution in [0.5, 0.6) is 0 Å². The molecule has 2 aromatic carbocycles. The number of nitro benzene ring substituents is 1. The highest BCUT2D eigenvalue weighted by Gasteiger charge is 2.20. The molecule has 0 radical (unpaired) electrons. The minimum absolute atomic E-state index is 0.111. The molecule has 0 saturated carbocycles. The van der Waals surface area contributed by atoms with Crippen molar-refractivity contribution < 1.29 is 23.2 Å². The molecule has 0 aliphatic rings. The number of nitro groups is 1. The van der Waals surface area contributed by atoms with Crippen LogP contribution in [0.3, 0.4) is 0 Å². The molecule has 10 nitrogen and oxygen atoms in total. The highest BCUT2D eigenvalue weighted by atomic mass is 32.2. The van der Waals surface area contributed by atoms with Gasteiger partial charge in [-0.3, -0.25) is 14.9 Å². The van der Waals surface area contributed by atoms with Crippen LogP contribution >= 0.6 is 0 Å². The van der Waals surface area contributed by atoms with E-state index in [0.717, 1.165) is 24.3 Å². The number of hydrogen-bond acceptors (Lipinski definition) is 7. The molecule has 0 saturated heterocycles. The predicted molar refractivity (Wildman–Crippen MR) is 85.8 cm³/mol. The second-order valence-corrected chi connectivity index (χ2v) is 6.73. The molecular weight excluding hydrogens is 354 g/mol. The van der Waals surface area contributed by atoms with Crippen LogP contribution in [-0.2, 0) is 14.6 Å². The van der Waals surface area contributed by atoms with Gasteiger partial charge in [0.05, 0.1) is 25.7 Å². The molecular formula is C14H11N3O7S. The van der Waals surface area contributed by atoms with E-state index < -0.39 is 27.3 Å². The molecule has 25 heavy (non-hydrogen) atoms. The maximum Gasteiger partial charge on any atom is 0.325 e. The zero-order valence-corrected chi connectivity index (χ0v) is 13.3. The normalized spacial score (nSPS) is 10.9. The summed E-state index contributed by atoms with van der Waals surface area (Å²) in [5, 5.41) is 22.5. The Balaban J connectivity index is 2.32. The summed E-state index contributed by atoms with van der Waals surface area (Å²) in [4.78, 5) is 31.0. The molecule has 2 rings (SSSR count). The third-order valence-electron chi connectivity index (χ3n) is 3.19. The molecule has 0 heterocycles. The van der Waals surface area contributed by atoms with E-state index in [1.807, 2.05) is 0 Å². The highest BCUT2D eigenvalue weighted by molar-refractivity contribution is 7.91. The minimum atomic E-state index is -3.92. The Morgan fingerprint density at radius 3 is 1.96 bits per heavy atom. The molecule has 0 atom stereocenters. The van der Waals surface area contributed by atoms with Crippen LogP contribution in [0.1, 0.15) is 0 Å². The average molecular weight is 365 g/mol. The lowest BCUT2D eigenvalue weighted by Gasteiger charge is -2.13. The minimum Gasteiger partial charge on any atom is -0.480 e. The van der Waals surface area contributed by atoms with E-state index in [1.165, 1.54) is 24.3 Å². The number of hydrogen-bond donors (Lipinski definition) is 1. The summed E-state index contributed by atoms with van der Waals surface area (Å²) in [6.07, 6.45) is 0. The van der Waals surface area contributed by atoms with Gasteiger partial charge in [-0.05, 0) is 36.4 Å².